The molecule has 2 aromatic rings. The number of halogens is 1. The molecule has 1 fully saturated rings. The van der Waals surface area contributed by atoms with Gasteiger partial charge in [0.1, 0.15) is 0 Å². The second-order valence-corrected chi connectivity index (χ2v) is 7.29. The van der Waals surface area contributed by atoms with E-state index in [1.807, 2.05) is 37.3 Å². The highest BCUT2D eigenvalue weighted by molar-refractivity contribution is 14.0. The summed E-state index contributed by atoms with van der Waals surface area (Å²) in [4.78, 5) is 18.9. The molecule has 7 heteroatoms. The first-order chi connectivity index (χ1) is 14.2. The Kier molecular flexibility index (Phi) is 9.93. The number of guanidine groups is 1. The Morgan fingerprint density at radius 1 is 1.13 bits per heavy atom. The van der Waals surface area contributed by atoms with Crippen LogP contribution in [-0.4, -0.2) is 44.6 Å². The third-order valence-corrected chi connectivity index (χ3v) is 5.06. The summed E-state index contributed by atoms with van der Waals surface area (Å²) in [5, 5.41) is 9.80. The van der Waals surface area contributed by atoms with Crippen molar-refractivity contribution < 1.29 is 4.79 Å². The minimum absolute atomic E-state index is 0. The molecule has 6 nitrogen and oxygen atoms in total. The summed E-state index contributed by atoms with van der Waals surface area (Å²) in [5.74, 6) is 0.758. The number of nitrogens with one attached hydrogen (secondary N) is 3. The van der Waals surface area contributed by atoms with Crippen molar-refractivity contribution >= 4 is 41.5 Å². The van der Waals surface area contributed by atoms with Crippen molar-refractivity contribution in [3.63, 3.8) is 0 Å². The van der Waals surface area contributed by atoms with Crippen LogP contribution < -0.4 is 20.9 Å². The number of hydrogen-bond acceptors (Lipinski definition) is 3. The molecule has 2 aromatic carbocycles. The number of carbonyl (C=O) groups is 1. The van der Waals surface area contributed by atoms with E-state index in [0.29, 0.717) is 24.7 Å². The van der Waals surface area contributed by atoms with Crippen LogP contribution in [0.5, 0.6) is 0 Å². The predicted octanol–water partition coefficient (Wildman–Crippen LogP) is 3.39. The Hall–Kier alpha value is -2.29. The largest absolute Gasteiger partial charge is 0.369 e. The molecule has 0 aliphatic carbocycles. The molecule has 3 N–H and O–H groups in total. The van der Waals surface area contributed by atoms with Gasteiger partial charge >= 0.3 is 0 Å². The van der Waals surface area contributed by atoms with Gasteiger partial charge in [-0.3, -0.25) is 9.79 Å². The number of rotatable bonds is 7. The molecule has 0 saturated carbocycles. The van der Waals surface area contributed by atoms with Crippen molar-refractivity contribution in [1.29, 1.82) is 0 Å². The zero-order valence-corrected chi connectivity index (χ0v) is 20.1. The van der Waals surface area contributed by atoms with E-state index < -0.39 is 0 Å². The topological polar surface area (TPSA) is 68.8 Å². The molecule has 30 heavy (non-hydrogen) atoms. The van der Waals surface area contributed by atoms with Gasteiger partial charge in [-0.2, -0.15) is 0 Å². The lowest BCUT2D eigenvalue weighted by molar-refractivity contribution is 0.0953. The van der Waals surface area contributed by atoms with Crippen molar-refractivity contribution in [2.75, 3.05) is 31.6 Å². The summed E-state index contributed by atoms with van der Waals surface area (Å²) in [6.07, 6.45) is 2.00. The van der Waals surface area contributed by atoms with Gasteiger partial charge in [0.2, 0.25) is 0 Å². The van der Waals surface area contributed by atoms with E-state index in [1.54, 1.807) is 7.05 Å². The number of nitrogens with zero attached hydrogens (tertiary/aromatic N) is 2. The summed E-state index contributed by atoms with van der Waals surface area (Å²) in [6.45, 7) is 5.34. The number of amides is 1. The van der Waals surface area contributed by atoms with Gasteiger partial charge in [-0.1, -0.05) is 37.3 Å². The van der Waals surface area contributed by atoms with Gasteiger partial charge in [0, 0.05) is 50.5 Å². The molecule has 1 aliphatic rings. The van der Waals surface area contributed by atoms with Crippen molar-refractivity contribution in [3.8, 4) is 0 Å². The van der Waals surface area contributed by atoms with Crippen LogP contribution in [0.3, 0.4) is 0 Å². The molecule has 162 valence electrons. The Morgan fingerprint density at radius 3 is 2.67 bits per heavy atom. The number of benzene rings is 2. The van der Waals surface area contributed by atoms with Crippen molar-refractivity contribution in [2.24, 2.45) is 4.99 Å². The zero-order chi connectivity index (χ0) is 20.5. The van der Waals surface area contributed by atoms with Gasteiger partial charge in [0.25, 0.3) is 5.91 Å². The SMILES string of the molecule is CCCNC(=O)c1cccc(CNC(=NC)NC2CCN(c3ccccc3)C2)c1.I. The van der Waals surface area contributed by atoms with E-state index in [0.717, 1.165) is 37.5 Å². The fourth-order valence-electron chi connectivity index (χ4n) is 3.49. The van der Waals surface area contributed by atoms with Crippen LogP contribution in [0.2, 0.25) is 0 Å². The Bertz CT molecular complexity index is 827. The molecule has 3 rings (SSSR count). The average Bonchev–Trinajstić information content (AvgIpc) is 3.24. The minimum Gasteiger partial charge on any atom is -0.369 e. The van der Waals surface area contributed by atoms with Crippen LogP contribution >= 0.6 is 24.0 Å². The van der Waals surface area contributed by atoms with Gasteiger partial charge < -0.3 is 20.9 Å². The maximum atomic E-state index is 12.2. The fourth-order valence-corrected chi connectivity index (χ4v) is 3.49. The van der Waals surface area contributed by atoms with Crippen LogP contribution in [0.1, 0.15) is 35.7 Å². The van der Waals surface area contributed by atoms with E-state index in [9.17, 15) is 4.79 Å². The van der Waals surface area contributed by atoms with Gasteiger partial charge in [0.15, 0.2) is 5.96 Å². The molecular weight excluding hydrogens is 489 g/mol. The molecule has 1 aliphatic heterocycles. The van der Waals surface area contributed by atoms with Crippen LogP contribution in [-0.2, 0) is 6.54 Å². The monoisotopic (exact) mass is 521 g/mol. The van der Waals surface area contributed by atoms with E-state index in [1.165, 1.54) is 5.69 Å². The summed E-state index contributed by atoms with van der Waals surface area (Å²) in [6, 6.07) is 18.6. The van der Waals surface area contributed by atoms with Crippen molar-refractivity contribution in [2.45, 2.75) is 32.4 Å². The van der Waals surface area contributed by atoms with Crippen molar-refractivity contribution in [3.05, 3.63) is 65.7 Å². The van der Waals surface area contributed by atoms with Crippen molar-refractivity contribution in [1.82, 2.24) is 16.0 Å². The van der Waals surface area contributed by atoms with E-state index in [2.05, 4.69) is 50.1 Å². The molecule has 1 unspecified atom stereocenters. The van der Waals surface area contributed by atoms with E-state index in [4.69, 9.17) is 0 Å². The van der Waals surface area contributed by atoms with E-state index >= 15 is 0 Å². The maximum absolute atomic E-state index is 12.2. The van der Waals surface area contributed by atoms with Gasteiger partial charge in [-0.15, -0.1) is 24.0 Å². The predicted molar refractivity (Wildman–Crippen MR) is 135 cm³/mol. The Labute approximate surface area is 196 Å². The highest BCUT2D eigenvalue weighted by atomic mass is 127. The molecule has 0 radical (unpaired) electrons. The second kappa shape index (κ2) is 12.4. The molecule has 1 saturated heterocycles. The highest BCUT2D eigenvalue weighted by Crippen LogP contribution is 2.19. The number of aliphatic imine (C=N–C) groups is 1. The lowest BCUT2D eigenvalue weighted by Gasteiger charge is -2.20. The van der Waals surface area contributed by atoms with Gasteiger partial charge in [-0.25, -0.2) is 0 Å². The minimum atomic E-state index is -0.0248. The first-order valence-electron chi connectivity index (χ1n) is 10.3. The van der Waals surface area contributed by atoms with Gasteiger partial charge in [-0.05, 0) is 42.7 Å². The molecular formula is C23H32IN5O. The lowest BCUT2D eigenvalue weighted by Crippen LogP contribution is -2.44. The first-order valence-corrected chi connectivity index (χ1v) is 10.3. The normalized spacial score (nSPS) is 16.0. The van der Waals surface area contributed by atoms with Crippen LogP contribution in [0.15, 0.2) is 59.6 Å². The molecule has 0 aromatic heterocycles. The number of anilines is 1. The Balaban J connectivity index is 0.00000320. The zero-order valence-electron chi connectivity index (χ0n) is 17.7. The maximum Gasteiger partial charge on any atom is 0.251 e. The van der Waals surface area contributed by atoms with Crippen LogP contribution in [0.25, 0.3) is 0 Å². The molecule has 1 heterocycles. The standard InChI is InChI=1S/C23H31N5O.HI/c1-3-13-25-22(29)19-9-7-8-18(15-19)16-26-23(24-2)27-20-12-14-28(17-20)21-10-5-4-6-11-21;/h4-11,15,20H,3,12-14,16-17H2,1-2H3,(H,25,29)(H2,24,26,27);1H. The number of hydrogen-bond donors (Lipinski definition) is 3. The molecule has 1 atom stereocenters. The van der Waals surface area contributed by atoms with E-state index in [-0.39, 0.29) is 29.9 Å². The quantitative estimate of drug-likeness (QED) is 0.297. The van der Waals surface area contributed by atoms with Crippen LogP contribution in [0, 0.1) is 0 Å². The molecule has 1 amide bonds. The number of carbonyl (C=O) groups excluding carboxylic acids is 1. The summed E-state index contributed by atoms with van der Waals surface area (Å²) < 4.78 is 0. The smallest absolute Gasteiger partial charge is 0.251 e. The Morgan fingerprint density at radius 2 is 1.93 bits per heavy atom. The molecule has 0 bridgehead atoms. The fraction of sp³-hybridized carbons (Fsp3) is 0.391. The second-order valence-electron chi connectivity index (χ2n) is 7.29. The highest BCUT2D eigenvalue weighted by Gasteiger charge is 2.23. The summed E-state index contributed by atoms with van der Waals surface area (Å²) in [7, 11) is 1.79. The molecule has 0 spiro atoms. The van der Waals surface area contributed by atoms with Crippen LogP contribution in [0.4, 0.5) is 5.69 Å². The third-order valence-electron chi connectivity index (χ3n) is 5.06. The lowest BCUT2D eigenvalue weighted by atomic mass is 10.1. The third kappa shape index (κ3) is 6.90. The summed E-state index contributed by atoms with van der Waals surface area (Å²) >= 11 is 0. The van der Waals surface area contributed by atoms with Gasteiger partial charge in [0.05, 0.1) is 0 Å². The summed E-state index contributed by atoms with van der Waals surface area (Å²) in [5.41, 5.74) is 3.00. The number of para-hydroxylation sites is 1. The first kappa shape index (κ1) is 24.0. The average molecular weight is 521 g/mol.